The van der Waals surface area contributed by atoms with Gasteiger partial charge in [-0.1, -0.05) is 12.1 Å². The number of ether oxygens (including phenoxy) is 1. The number of alkyl halides is 3. The predicted octanol–water partition coefficient (Wildman–Crippen LogP) is 4.54. The van der Waals surface area contributed by atoms with Crippen LogP contribution in [0, 0.1) is 17.6 Å². The van der Waals surface area contributed by atoms with Crippen molar-refractivity contribution in [2.75, 3.05) is 23.9 Å². The van der Waals surface area contributed by atoms with E-state index >= 15 is 0 Å². The van der Waals surface area contributed by atoms with Crippen LogP contribution >= 0.6 is 0 Å². The Morgan fingerprint density at radius 2 is 1.78 bits per heavy atom. The van der Waals surface area contributed by atoms with Crippen molar-refractivity contribution < 1.29 is 49.8 Å². The van der Waals surface area contributed by atoms with Crippen molar-refractivity contribution in [3.8, 4) is 16.9 Å². The molecule has 0 bridgehead atoms. The first-order valence-corrected chi connectivity index (χ1v) is 13.6. The first kappa shape index (κ1) is 28.3. The number of likely N-dealkylation sites (tertiary alicyclic amines) is 1. The summed E-state index contributed by atoms with van der Waals surface area (Å²) in [7, 11) is -4.69. The summed E-state index contributed by atoms with van der Waals surface area (Å²) in [6, 6.07) is 9.73. The normalized spacial score (nSPS) is 19.2. The molecule has 0 aliphatic carbocycles. The summed E-state index contributed by atoms with van der Waals surface area (Å²) in [6.45, 7) is -0.793. The van der Waals surface area contributed by atoms with Gasteiger partial charge in [-0.2, -0.15) is 13.2 Å². The number of fused-ring (bicyclic) bond motifs is 1. The molecule has 8 nitrogen and oxygen atoms in total. The largest absolute Gasteiger partial charge is 0.484 e. The van der Waals surface area contributed by atoms with Gasteiger partial charge in [-0.3, -0.25) is 13.9 Å². The van der Waals surface area contributed by atoms with Crippen LogP contribution in [0.2, 0.25) is 0 Å². The van der Waals surface area contributed by atoms with Crippen LogP contribution in [-0.2, 0) is 25.8 Å². The Morgan fingerprint density at radius 1 is 1.02 bits per heavy atom. The van der Waals surface area contributed by atoms with Crippen molar-refractivity contribution in [2.24, 2.45) is 5.92 Å². The Kier molecular flexibility index (Phi) is 7.14. The van der Waals surface area contributed by atoms with Crippen molar-refractivity contribution >= 4 is 27.6 Å². The van der Waals surface area contributed by atoms with E-state index in [0.717, 1.165) is 40.7 Å². The highest BCUT2D eigenvalue weighted by molar-refractivity contribution is 7.92. The Balaban J connectivity index is 1.57. The number of halogens is 5. The van der Waals surface area contributed by atoms with E-state index in [4.69, 9.17) is 4.74 Å². The maximum atomic E-state index is 14.5. The highest BCUT2D eigenvalue weighted by Crippen LogP contribution is 2.41. The van der Waals surface area contributed by atoms with E-state index in [1.165, 1.54) is 23.1 Å². The van der Waals surface area contributed by atoms with Gasteiger partial charge >= 0.3 is 12.1 Å². The molecule has 2 atom stereocenters. The van der Waals surface area contributed by atoms with E-state index in [1.807, 2.05) is 0 Å². The molecule has 3 aromatic carbocycles. The summed E-state index contributed by atoms with van der Waals surface area (Å²) < 4.78 is 103. The molecule has 2 aliphatic rings. The van der Waals surface area contributed by atoms with Crippen LogP contribution in [0.15, 0.2) is 65.6 Å². The molecule has 1 fully saturated rings. The zero-order chi connectivity index (χ0) is 29.7. The maximum absolute atomic E-state index is 14.5. The number of carbonyl (C=O) groups excluding carboxylic acids is 1. The van der Waals surface area contributed by atoms with Crippen LogP contribution in [0.1, 0.15) is 12.0 Å². The van der Waals surface area contributed by atoms with E-state index in [1.54, 1.807) is 0 Å². The average molecular weight is 597 g/mol. The lowest BCUT2D eigenvalue weighted by Gasteiger charge is -2.37. The van der Waals surface area contributed by atoms with Gasteiger partial charge in [0.1, 0.15) is 23.5 Å². The number of anilines is 1. The number of hydrogen-bond acceptors (Lipinski definition) is 5. The van der Waals surface area contributed by atoms with Gasteiger partial charge in [0, 0.05) is 18.5 Å². The quantitative estimate of drug-likeness (QED) is 0.419. The predicted molar refractivity (Wildman–Crippen MR) is 135 cm³/mol. The molecule has 1 N–H and O–H groups in total. The monoisotopic (exact) mass is 596 g/mol. The molecule has 41 heavy (non-hydrogen) atoms. The first-order valence-electron chi connectivity index (χ1n) is 12.2. The maximum Gasteiger partial charge on any atom is 0.416 e. The minimum Gasteiger partial charge on any atom is -0.484 e. The summed E-state index contributed by atoms with van der Waals surface area (Å²) in [5.41, 5.74) is -1.45. The SMILES string of the molecule is O=C(O)C1CC(=O)N(C[C@H]2CN(S(=O)(=O)c3cccc(C(F)(F)F)c3)c3cc(-c4cc(F)ccc4F)ccc3O2)C1. The summed E-state index contributed by atoms with van der Waals surface area (Å²) in [4.78, 5) is 24.3. The highest BCUT2D eigenvalue weighted by Gasteiger charge is 2.40. The zero-order valence-corrected chi connectivity index (χ0v) is 21.8. The van der Waals surface area contributed by atoms with Gasteiger partial charge in [-0.25, -0.2) is 17.2 Å². The number of hydrogen-bond donors (Lipinski definition) is 1. The van der Waals surface area contributed by atoms with Crippen LogP contribution in [0.25, 0.3) is 11.1 Å². The lowest BCUT2D eigenvalue weighted by Crippen LogP contribution is -2.48. The minimum atomic E-state index is -4.82. The van der Waals surface area contributed by atoms with E-state index in [9.17, 15) is 45.1 Å². The second-order valence-electron chi connectivity index (χ2n) is 9.65. The molecule has 5 rings (SSSR count). The standard InChI is InChI=1S/C27H21F5N2O6S/c28-18-5-6-22(29)21(11-18)15-4-7-24-23(8-15)34(41(38,39)20-3-1-2-17(10-20)27(30,31)32)14-19(40-24)13-33-12-16(26(36)37)9-25(33)35/h1-8,10-11,16,19H,9,12-14H2,(H,36,37)/t16?,19-/m0/s1. The Hall–Kier alpha value is -4.20. The fraction of sp³-hybridized carbons (Fsp3) is 0.259. The van der Waals surface area contributed by atoms with Crippen LogP contribution in [0.4, 0.5) is 27.6 Å². The number of amides is 1. The topological polar surface area (TPSA) is 104 Å². The van der Waals surface area contributed by atoms with Gasteiger partial charge in [-0.15, -0.1) is 0 Å². The van der Waals surface area contributed by atoms with Gasteiger partial charge in [-0.05, 0) is 54.1 Å². The number of benzene rings is 3. The van der Waals surface area contributed by atoms with Gasteiger partial charge < -0.3 is 14.7 Å². The fourth-order valence-corrected chi connectivity index (χ4v) is 6.39. The smallest absolute Gasteiger partial charge is 0.416 e. The number of sulfonamides is 1. The summed E-state index contributed by atoms with van der Waals surface area (Å²) >= 11 is 0. The van der Waals surface area contributed by atoms with Crippen molar-refractivity contribution in [2.45, 2.75) is 23.6 Å². The molecule has 0 saturated carbocycles. The summed E-state index contributed by atoms with van der Waals surface area (Å²) in [5, 5.41) is 9.27. The van der Waals surface area contributed by atoms with Crippen LogP contribution in [0.5, 0.6) is 5.75 Å². The molecule has 1 unspecified atom stereocenters. The highest BCUT2D eigenvalue weighted by atomic mass is 32.2. The molecule has 3 aromatic rings. The average Bonchev–Trinajstić information content (AvgIpc) is 3.29. The molecule has 0 radical (unpaired) electrons. The molecule has 1 amide bonds. The molecular formula is C27H21F5N2O6S. The number of carboxylic acid groups (broad SMARTS) is 1. The van der Waals surface area contributed by atoms with Gasteiger partial charge in [0.15, 0.2) is 0 Å². The van der Waals surface area contributed by atoms with Crippen molar-refractivity contribution in [1.29, 1.82) is 0 Å². The molecule has 2 aliphatic heterocycles. The lowest BCUT2D eigenvalue weighted by molar-refractivity contribution is -0.141. The molecular weight excluding hydrogens is 575 g/mol. The third-order valence-electron chi connectivity index (χ3n) is 6.87. The second-order valence-corrected chi connectivity index (χ2v) is 11.5. The summed E-state index contributed by atoms with van der Waals surface area (Å²) in [6.07, 6.45) is -6.10. The van der Waals surface area contributed by atoms with E-state index < -0.39 is 68.7 Å². The van der Waals surface area contributed by atoms with Gasteiger partial charge in [0.2, 0.25) is 5.91 Å². The number of carbonyl (C=O) groups is 2. The van der Waals surface area contributed by atoms with Crippen molar-refractivity contribution in [3.05, 3.63) is 77.9 Å². The molecule has 0 aromatic heterocycles. The van der Waals surface area contributed by atoms with Crippen LogP contribution < -0.4 is 9.04 Å². The molecule has 14 heteroatoms. The van der Waals surface area contributed by atoms with E-state index in [0.29, 0.717) is 6.07 Å². The number of aliphatic carboxylic acids is 1. The Labute approximate surface area is 230 Å². The van der Waals surface area contributed by atoms with Crippen molar-refractivity contribution in [1.82, 2.24) is 4.90 Å². The van der Waals surface area contributed by atoms with Gasteiger partial charge in [0.25, 0.3) is 10.0 Å². The lowest BCUT2D eigenvalue weighted by atomic mass is 10.0. The van der Waals surface area contributed by atoms with E-state index in [2.05, 4.69) is 0 Å². The number of nitrogens with zero attached hydrogens (tertiary/aromatic N) is 2. The summed E-state index contributed by atoms with van der Waals surface area (Å²) in [5.74, 6) is -4.18. The third kappa shape index (κ3) is 5.56. The first-order chi connectivity index (χ1) is 19.2. The number of rotatable bonds is 6. The van der Waals surface area contributed by atoms with Crippen LogP contribution in [-0.4, -0.2) is 56.0 Å². The molecule has 216 valence electrons. The van der Waals surface area contributed by atoms with Crippen LogP contribution in [0.3, 0.4) is 0 Å². The van der Waals surface area contributed by atoms with E-state index in [-0.39, 0.29) is 42.1 Å². The molecule has 1 saturated heterocycles. The van der Waals surface area contributed by atoms with Crippen molar-refractivity contribution in [3.63, 3.8) is 0 Å². The Bertz CT molecular complexity index is 1650. The third-order valence-corrected chi connectivity index (χ3v) is 8.64. The minimum absolute atomic E-state index is 0.0428. The second kappa shape index (κ2) is 10.3. The zero-order valence-electron chi connectivity index (χ0n) is 20.9. The number of carboxylic acids is 1. The molecule has 2 heterocycles. The Morgan fingerprint density at radius 3 is 2.46 bits per heavy atom. The molecule has 0 spiro atoms. The fourth-order valence-electron chi connectivity index (χ4n) is 4.84. The van der Waals surface area contributed by atoms with Gasteiger partial charge in [0.05, 0.1) is 35.2 Å².